The Hall–Kier alpha value is -0.260. The van der Waals surface area contributed by atoms with E-state index in [9.17, 15) is 0 Å². The van der Waals surface area contributed by atoms with Crippen molar-refractivity contribution in [2.45, 2.75) is 69.2 Å². The third-order valence-electron chi connectivity index (χ3n) is 7.92. The summed E-state index contributed by atoms with van der Waals surface area (Å²) in [7, 11) is 0. The Balaban J connectivity index is 3.13. The van der Waals surface area contributed by atoms with Gasteiger partial charge in [0, 0.05) is 0 Å². The van der Waals surface area contributed by atoms with Gasteiger partial charge in [0.05, 0.1) is 0 Å². The van der Waals surface area contributed by atoms with Gasteiger partial charge in [0.2, 0.25) is 0 Å². The Labute approximate surface area is 141 Å². The van der Waals surface area contributed by atoms with Gasteiger partial charge in [-0.2, -0.15) is 0 Å². The normalized spacial score (nSPS) is 40.3. The van der Waals surface area contributed by atoms with Gasteiger partial charge in [-0.3, -0.25) is 0 Å². The molecule has 9 unspecified atom stereocenters. The molecule has 1 aliphatic carbocycles. The van der Waals surface area contributed by atoms with Gasteiger partial charge in [-0.05, 0) is 66.1 Å². The van der Waals surface area contributed by atoms with E-state index in [-0.39, 0.29) is 0 Å². The SMILES string of the molecule is C=C(C)C(C)C(C)C1C(C)C(C)C(C)C(C(C)C(C)C)C1C. The van der Waals surface area contributed by atoms with E-state index >= 15 is 0 Å². The standard InChI is InChI=1S/C22H42/c1-12(2)14(5)17(8)22-19(10)16(7)18(9)21(20(22)11)15(6)13(3)4/h13-22H,1H2,2-11H3. The first-order valence-electron chi connectivity index (χ1n) is 9.67. The molecule has 0 aromatic carbocycles. The summed E-state index contributed by atoms with van der Waals surface area (Å²) < 4.78 is 0. The van der Waals surface area contributed by atoms with Gasteiger partial charge in [-0.1, -0.05) is 74.5 Å². The molecule has 0 radical (unpaired) electrons. The summed E-state index contributed by atoms with van der Waals surface area (Å²) in [4.78, 5) is 0. The molecule has 0 saturated heterocycles. The van der Waals surface area contributed by atoms with Gasteiger partial charge in [0.1, 0.15) is 0 Å². The average molecular weight is 307 g/mol. The minimum atomic E-state index is 0.630. The Morgan fingerprint density at radius 3 is 1.45 bits per heavy atom. The zero-order valence-electron chi connectivity index (χ0n) is 17.0. The van der Waals surface area contributed by atoms with E-state index in [0.29, 0.717) is 5.92 Å². The fraction of sp³-hybridized carbons (Fsp3) is 0.909. The molecular formula is C22H42. The summed E-state index contributed by atoms with van der Waals surface area (Å²) in [5.41, 5.74) is 1.35. The van der Waals surface area contributed by atoms with Crippen LogP contribution < -0.4 is 0 Å². The summed E-state index contributed by atoms with van der Waals surface area (Å²) in [5, 5.41) is 0. The Morgan fingerprint density at radius 1 is 0.682 bits per heavy atom. The molecule has 130 valence electrons. The van der Waals surface area contributed by atoms with Crippen LogP contribution in [0.1, 0.15) is 69.2 Å². The van der Waals surface area contributed by atoms with Crippen molar-refractivity contribution in [3.63, 3.8) is 0 Å². The second-order valence-corrected chi connectivity index (χ2v) is 9.19. The Kier molecular flexibility index (Phi) is 6.78. The van der Waals surface area contributed by atoms with Crippen LogP contribution in [0.5, 0.6) is 0 Å². The Morgan fingerprint density at radius 2 is 1.09 bits per heavy atom. The zero-order valence-corrected chi connectivity index (χ0v) is 17.0. The first kappa shape index (κ1) is 19.8. The van der Waals surface area contributed by atoms with Crippen molar-refractivity contribution < 1.29 is 0 Å². The van der Waals surface area contributed by atoms with E-state index in [0.717, 1.165) is 53.3 Å². The second kappa shape index (κ2) is 7.54. The van der Waals surface area contributed by atoms with Gasteiger partial charge >= 0.3 is 0 Å². The van der Waals surface area contributed by atoms with E-state index in [1.54, 1.807) is 0 Å². The molecule has 1 saturated carbocycles. The highest BCUT2D eigenvalue weighted by atomic mass is 14.5. The molecule has 22 heavy (non-hydrogen) atoms. The maximum Gasteiger partial charge on any atom is -0.0209 e. The van der Waals surface area contributed by atoms with Crippen molar-refractivity contribution in [2.75, 3.05) is 0 Å². The highest BCUT2D eigenvalue weighted by Crippen LogP contribution is 2.53. The van der Waals surface area contributed by atoms with Gasteiger partial charge < -0.3 is 0 Å². The van der Waals surface area contributed by atoms with Crippen molar-refractivity contribution in [3.8, 4) is 0 Å². The molecule has 1 rings (SSSR count). The molecule has 1 aliphatic rings. The van der Waals surface area contributed by atoms with Crippen molar-refractivity contribution >= 4 is 0 Å². The molecule has 0 aromatic rings. The second-order valence-electron chi connectivity index (χ2n) is 9.19. The van der Waals surface area contributed by atoms with Gasteiger partial charge in [-0.15, -0.1) is 0 Å². The zero-order chi connectivity index (χ0) is 17.4. The molecule has 0 amide bonds. The molecule has 9 atom stereocenters. The topological polar surface area (TPSA) is 0 Å². The smallest absolute Gasteiger partial charge is 0.0209 e. The lowest BCUT2D eigenvalue weighted by Crippen LogP contribution is -2.48. The van der Waals surface area contributed by atoms with Crippen LogP contribution in [0.4, 0.5) is 0 Å². The first-order valence-corrected chi connectivity index (χ1v) is 9.67. The summed E-state index contributed by atoms with van der Waals surface area (Å²) in [6.07, 6.45) is 0. The number of allylic oxidation sites excluding steroid dienone is 1. The quantitative estimate of drug-likeness (QED) is 0.484. The van der Waals surface area contributed by atoms with Crippen molar-refractivity contribution in [1.82, 2.24) is 0 Å². The molecule has 0 aliphatic heterocycles. The lowest BCUT2D eigenvalue weighted by Gasteiger charge is -2.54. The predicted octanol–water partition coefficient (Wildman–Crippen LogP) is 6.92. The lowest BCUT2D eigenvalue weighted by molar-refractivity contribution is -0.0528. The molecule has 0 N–H and O–H groups in total. The van der Waals surface area contributed by atoms with Gasteiger partial charge in [0.15, 0.2) is 0 Å². The molecule has 0 spiro atoms. The van der Waals surface area contributed by atoms with Gasteiger partial charge in [-0.25, -0.2) is 0 Å². The summed E-state index contributed by atoms with van der Waals surface area (Å²) in [6.45, 7) is 28.7. The van der Waals surface area contributed by atoms with Crippen LogP contribution in [0.3, 0.4) is 0 Å². The summed E-state index contributed by atoms with van der Waals surface area (Å²) >= 11 is 0. The van der Waals surface area contributed by atoms with Crippen LogP contribution in [0.2, 0.25) is 0 Å². The van der Waals surface area contributed by atoms with Crippen LogP contribution in [-0.4, -0.2) is 0 Å². The summed E-state index contributed by atoms with van der Waals surface area (Å²) in [6, 6.07) is 0. The fourth-order valence-electron chi connectivity index (χ4n) is 5.54. The van der Waals surface area contributed by atoms with Crippen molar-refractivity contribution in [3.05, 3.63) is 12.2 Å². The minimum Gasteiger partial charge on any atom is -0.0999 e. The molecular weight excluding hydrogens is 264 g/mol. The van der Waals surface area contributed by atoms with Gasteiger partial charge in [0.25, 0.3) is 0 Å². The molecule has 0 heterocycles. The fourth-order valence-corrected chi connectivity index (χ4v) is 5.54. The van der Waals surface area contributed by atoms with Crippen molar-refractivity contribution in [1.29, 1.82) is 0 Å². The van der Waals surface area contributed by atoms with E-state index in [2.05, 4.69) is 75.8 Å². The van der Waals surface area contributed by atoms with Crippen LogP contribution >= 0.6 is 0 Å². The maximum atomic E-state index is 4.24. The monoisotopic (exact) mass is 306 g/mol. The Bertz CT molecular complexity index is 366. The minimum absolute atomic E-state index is 0.630. The third-order valence-corrected chi connectivity index (χ3v) is 7.92. The number of hydrogen-bond acceptors (Lipinski definition) is 0. The number of hydrogen-bond donors (Lipinski definition) is 0. The highest BCUT2D eigenvalue weighted by molar-refractivity contribution is 5.02. The highest BCUT2D eigenvalue weighted by Gasteiger charge is 2.47. The maximum absolute atomic E-state index is 4.24. The molecule has 0 bridgehead atoms. The van der Waals surface area contributed by atoms with E-state index in [1.807, 2.05) is 0 Å². The van der Waals surface area contributed by atoms with Crippen molar-refractivity contribution in [2.24, 2.45) is 59.2 Å². The molecule has 0 aromatic heterocycles. The van der Waals surface area contributed by atoms with E-state index in [4.69, 9.17) is 0 Å². The largest absolute Gasteiger partial charge is 0.0999 e. The number of rotatable bonds is 5. The van der Waals surface area contributed by atoms with Crippen LogP contribution in [-0.2, 0) is 0 Å². The predicted molar refractivity (Wildman–Crippen MR) is 101 cm³/mol. The summed E-state index contributed by atoms with van der Waals surface area (Å²) in [5.74, 6) is 7.94. The third kappa shape index (κ3) is 3.62. The lowest BCUT2D eigenvalue weighted by atomic mass is 9.51. The van der Waals surface area contributed by atoms with Crippen LogP contribution in [0.15, 0.2) is 12.2 Å². The van der Waals surface area contributed by atoms with Crippen LogP contribution in [0.25, 0.3) is 0 Å². The molecule has 1 fully saturated rings. The average Bonchev–Trinajstić information content (AvgIpc) is 2.43. The van der Waals surface area contributed by atoms with E-state index < -0.39 is 0 Å². The molecule has 0 nitrogen and oxygen atoms in total. The molecule has 0 heteroatoms. The van der Waals surface area contributed by atoms with Crippen LogP contribution in [0, 0.1) is 59.2 Å². The van der Waals surface area contributed by atoms with E-state index in [1.165, 1.54) is 5.57 Å². The first-order chi connectivity index (χ1) is 10.0.